The zero-order valence-electron chi connectivity index (χ0n) is 14.5. The normalized spacial score (nSPS) is 24.7. The minimum atomic E-state index is -4.55. The van der Waals surface area contributed by atoms with Crippen LogP contribution < -0.4 is 4.74 Å². The molecule has 2 aliphatic heterocycles. The molecule has 0 aliphatic carbocycles. The summed E-state index contributed by atoms with van der Waals surface area (Å²) < 4.78 is 45.8. The van der Waals surface area contributed by atoms with Crippen LogP contribution in [0.2, 0.25) is 0 Å². The highest BCUT2D eigenvalue weighted by atomic mass is 19.4. The molecule has 27 heavy (non-hydrogen) atoms. The van der Waals surface area contributed by atoms with E-state index in [4.69, 9.17) is 4.74 Å². The highest BCUT2D eigenvalue weighted by Crippen LogP contribution is 2.40. The Hall–Kier alpha value is -2.57. The van der Waals surface area contributed by atoms with Crippen molar-refractivity contribution in [2.24, 2.45) is 0 Å². The van der Waals surface area contributed by atoms with Crippen LogP contribution in [0.4, 0.5) is 13.2 Å². The number of amides is 1. The number of rotatable bonds is 3. The summed E-state index contributed by atoms with van der Waals surface area (Å²) in [7, 11) is 0. The van der Waals surface area contributed by atoms with Crippen LogP contribution >= 0.6 is 0 Å². The molecule has 142 valence electrons. The molecule has 0 saturated carbocycles. The van der Waals surface area contributed by atoms with Gasteiger partial charge in [0.15, 0.2) is 0 Å². The number of ether oxygens (including phenoxy) is 1. The van der Waals surface area contributed by atoms with E-state index in [-0.39, 0.29) is 23.8 Å². The second kappa shape index (κ2) is 6.87. The van der Waals surface area contributed by atoms with Crippen molar-refractivity contribution in [3.63, 3.8) is 0 Å². The van der Waals surface area contributed by atoms with Crippen LogP contribution in [0, 0.1) is 0 Å². The largest absolute Gasteiger partial charge is 0.474 e. The van der Waals surface area contributed by atoms with Gasteiger partial charge in [0.2, 0.25) is 5.88 Å². The number of hydrogen-bond acceptors (Lipinski definition) is 3. The maximum absolute atomic E-state index is 13.3. The smallest absolute Gasteiger partial charge is 0.417 e. The minimum absolute atomic E-state index is 0.0840. The molecule has 2 aliphatic rings. The second-order valence-electron chi connectivity index (χ2n) is 7.02. The molecule has 2 fully saturated rings. The number of benzene rings is 1. The fourth-order valence-electron chi connectivity index (χ4n) is 4.20. The first kappa shape index (κ1) is 17.8. The third-order valence-corrected chi connectivity index (χ3v) is 5.31. The van der Waals surface area contributed by atoms with Crippen LogP contribution in [0.5, 0.6) is 5.88 Å². The monoisotopic (exact) mass is 376 g/mol. The molecule has 0 spiro atoms. The minimum Gasteiger partial charge on any atom is -0.474 e. The van der Waals surface area contributed by atoms with Gasteiger partial charge in [0, 0.05) is 37.2 Å². The number of piperidine rings is 1. The Balaban J connectivity index is 1.53. The topological polar surface area (TPSA) is 42.4 Å². The molecule has 4 nitrogen and oxygen atoms in total. The first-order valence-corrected chi connectivity index (χ1v) is 9.00. The first-order valence-electron chi connectivity index (χ1n) is 9.00. The van der Waals surface area contributed by atoms with Crippen molar-refractivity contribution >= 4 is 5.91 Å². The van der Waals surface area contributed by atoms with E-state index < -0.39 is 17.6 Å². The standard InChI is InChI=1S/C20H19F3N2O2/c21-20(22,23)17-6-2-1-5-16(17)19(26)25-13-8-9-14(25)12-15(11-13)27-18-7-3-4-10-24-18/h1-7,10,13-15H,8-9,11-12H2. The average molecular weight is 376 g/mol. The Morgan fingerprint density at radius 3 is 2.33 bits per heavy atom. The molecule has 3 heterocycles. The lowest BCUT2D eigenvalue weighted by Gasteiger charge is -2.39. The third-order valence-electron chi connectivity index (χ3n) is 5.31. The molecule has 2 aromatic rings. The van der Waals surface area contributed by atoms with Gasteiger partial charge in [0.1, 0.15) is 6.10 Å². The summed E-state index contributed by atoms with van der Waals surface area (Å²) >= 11 is 0. The third kappa shape index (κ3) is 3.50. The van der Waals surface area contributed by atoms with Crippen molar-refractivity contribution in [3.05, 3.63) is 59.8 Å². The van der Waals surface area contributed by atoms with Crippen LogP contribution in [0.25, 0.3) is 0 Å². The van der Waals surface area contributed by atoms with Crippen molar-refractivity contribution in [1.29, 1.82) is 0 Å². The molecule has 2 atom stereocenters. The molecule has 1 aromatic heterocycles. The summed E-state index contributed by atoms with van der Waals surface area (Å²) in [4.78, 5) is 18.8. The zero-order chi connectivity index (χ0) is 19.0. The van der Waals surface area contributed by atoms with Crippen molar-refractivity contribution < 1.29 is 22.7 Å². The van der Waals surface area contributed by atoms with Gasteiger partial charge < -0.3 is 9.64 Å². The van der Waals surface area contributed by atoms with Gasteiger partial charge in [0.25, 0.3) is 5.91 Å². The number of carbonyl (C=O) groups excluding carboxylic acids is 1. The van der Waals surface area contributed by atoms with Crippen LogP contribution in [0.15, 0.2) is 48.7 Å². The number of aromatic nitrogens is 1. The predicted molar refractivity (Wildman–Crippen MR) is 92.3 cm³/mol. The Labute approximate surface area is 155 Å². The van der Waals surface area contributed by atoms with Gasteiger partial charge in [-0.15, -0.1) is 0 Å². The van der Waals surface area contributed by atoms with Crippen LogP contribution in [-0.2, 0) is 6.18 Å². The van der Waals surface area contributed by atoms with Crippen LogP contribution in [0.1, 0.15) is 41.6 Å². The number of nitrogens with zero attached hydrogens (tertiary/aromatic N) is 2. The Kier molecular flexibility index (Phi) is 4.53. The molecule has 1 amide bonds. The van der Waals surface area contributed by atoms with Gasteiger partial charge in [-0.25, -0.2) is 4.98 Å². The van der Waals surface area contributed by atoms with Crippen molar-refractivity contribution in [2.75, 3.05) is 0 Å². The highest BCUT2D eigenvalue weighted by Gasteiger charge is 2.46. The molecule has 2 saturated heterocycles. The van der Waals surface area contributed by atoms with Crippen molar-refractivity contribution in [2.45, 2.75) is 50.0 Å². The van der Waals surface area contributed by atoms with Gasteiger partial charge >= 0.3 is 6.18 Å². The van der Waals surface area contributed by atoms with Gasteiger partial charge in [-0.05, 0) is 31.0 Å². The molecule has 7 heteroatoms. The molecule has 0 N–H and O–H groups in total. The fraction of sp³-hybridized carbons (Fsp3) is 0.400. The number of pyridine rings is 1. The molecule has 4 rings (SSSR count). The van der Waals surface area contributed by atoms with Crippen molar-refractivity contribution in [1.82, 2.24) is 9.88 Å². The molecule has 2 unspecified atom stereocenters. The van der Waals surface area contributed by atoms with Crippen molar-refractivity contribution in [3.8, 4) is 5.88 Å². The molecular formula is C20H19F3N2O2. The number of alkyl halides is 3. The average Bonchev–Trinajstić information content (AvgIpc) is 2.92. The maximum atomic E-state index is 13.3. The van der Waals surface area contributed by atoms with Gasteiger partial charge in [0.05, 0.1) is 11.1 Å². The van der Waals surface area contributed by atoms with Crippen LogP contribution in [-0.4, -0.2) is 34.0 Å². The van der Waals surface area contributed by atoms with Gasteiger partial charge in [-0.1, -0.05) is 18.2 Å². The predicted octanol–water partition coefficient (Wildman–Crippen LogP) is 4.32. The van der Waals surface area contributed by atoms with E-state index in [0.717, 1.165) is 18.9 Å². The summed E-state index contributed by atoms with van der Waals surface area (Å²) in [5.41, 5.74) is -1.15. The fourth-order valence-corrected chi connectivity index (χ4v) is 4.20. The maximum Gasteiger partial charge on any atom is 0.417 e. The molecule has 0 radical (unpaired) electrons. The number of halogens is 3. The Morgan fingerprint density at radius 2 is 1.70 bits per heavy atom. The quantitative estimate of drug-likeness (QED) is 0.802. The van der Waals surface area contributed by atoms with E-state index in [9.17, 15) is 18.0 Å². The number of hydrogen-bond donors (Lipinski definition) is 0. The lowest BCUT2D eigenvalue weighted by molar-refractivity contribution is -0.138. The van der Waals surface area contributed by atoms with E-state index in [2.05, 4.69) is 4.98 Å². The lowest BCUT2D eigenvalue weighted by atomic mass is 9.97. The SMILES string of the molecule is O=C(c1ccccc1C(F)(F)F)N1C2CCC1CC(Oc1ccccn1)C2. The summed E-state index contributed by atoms with van der Waals surface area (Å²) in [5.74, 6) is -0.00388. The Bertz CT molecular complexity index is 811. The number of fused-ring (bicyclic) bond motifs is 2. The highest BCUT2D eigenvalue weighted by molar-refractivity contribution is 5.96. The summed E-state index contributed by atoms with van der Waals surface area (Å²) in [5, 5.41) is 0. The molecular weight excluding hydrogens is 357 g/mol. The van der Waals surface area contributed by atoms with E-state index in [0.29, 0.717) is 18.7 Å². The molecule has 1 aromatic carbocycles. The number of carbonyl (C=O) groups is 1. The van der Waals surface area contributed by atoms with Gasteiger partial charge in [-0.3, -0.25) is 4.79 Å². The summed E-state index contributed by atoms with van der Waals surface area (Å²) in [6, 6.07) is 10.2. The van der Waals surface area contributed by atoms with Crippen LogP contribution in [0.3, 0.4) is 0 Å². The van der Waals surface area contributed by atoms with E-state index in [1.54, 1.807) is 23.2 Å². The summed E-state index contributed by atoms with van der Waals surface area (Å²) in [6.45, 7) is 0. The second-order valence-corrected chi connectivity index (χ2v) is 7.02. The summed E-state index contributed by atoms with van der Waals surface area (Å²) in [6.07, 6.45) is -0.207. The zero-order valence-corrected chi connectivity index (χ0v) is 14.5. The Morgan fingerprint density at radius 1 is 1.04 bits per heavy atom. The van der Waals surface area contributed by atoms with Gasteiger partial charge in [-0.2, -0.15) is 13.2 Å². The van der Waals surface area contributed by atoms with E-state index in [1.165, 1.54) is 18.2 Å². The molecule has 2 bridgehead atoms. The van der Waals surface area contributed by atoms with E-state index >= 15 is 0 Å². The lowest BCUT2D eigenvalue weighted by Crippen LogP contribution is -2.49. The first-order chi connectivity index (χ1) is 12.9. The van der Waals surface area contributed by atoms with E-state index in [1.807, 2.05) is 6.07 Å².